The van der Waals surface area contributed by atoms with Gasteiger partial charge in [-0.1, -0.05) is 36.3 Å². The Balaban J connectivity index is 1.95. The predicted molar refractivity (Wildman–Crippen MR) is 95.9 cm³/mol. The summed E-state index contributed by atoms with van der Waals surface area (Å²) >= 11 is 0. The van der Waals surface area contributed by atoms with Crippen molar-refractivity contribution in [3.8, 4) is 28.6 Å². The monoisotopic (exact) mass is 390 g/mol. The fourth-order valence-corrected chi connectivity index (χ4v) is 2.46. The van der Waals surface area contributed by atoms with Gasteiger partial charge in [-0.15, -0.1) is 0 Å². The number of hydrogen-bond acceptors (Lipinski definition) is 5. The number of benzene rings is 2. The van der Waals surface area contributed by atoms with E-state index in [1.807, 2.05) is 6.92 Å². The van der Waals surface area contributed by atoms with Gasteiger partial charge in [0, 0.05) is 16.7 Å². The molecule has 0 spiro atoms. The molecule has 2 aromatic carbocycles. The minimum absolute atomic E-state index is 0.0462. The van der Waals surface area contributed by atoms with Crippen LogP contribution in [0.5, 0.6) is 5.75 Å². The van der Waals surface area contributed by atoms with Gasteiger partial charge in [-0.2, -0.15) is 18.2 Å². The number of aromatic nitrogens is 2. The van der Waals surface area contributed by atoms with E-state index in [4.69, 9.17) is 9.26 Å². The van der Waals surface area contributed by atoms with Gasteiger partial charge in [0.1, 0.15) is 12.0 Å². The van der Waals surface area contributed by atoms with Crippen molar-refractivity contribution in [2.45, 2.75) is 32.5 Å². The number of carbonyl (C=O) groups excluding carboxylic acids is 1. The standard InChI is InChI=1S/C20H17F3N2O3/c1-3-12(2)27-17-9-8-15(10-16(17)20(21,22)23)19-24-18(25-28-19)14-6-4-13(11-26)5-7-14/h4-12H,3H2,1-2H3/t12-/m0/s1. The molecule has 0 saturated carbocycles. The molecule has 3 rings (SSSR count). The van der Waals surface area contributed by atoms with Gasteiger partial charge in [-0.05, 0) is 31.5 Å². The molecule has 0 N–H and O–H groups in total. The van der Waals surface area contributed by atoms with Crippen LogP contribution in [0.4, 0.5) is 13.2 Å². The lowest BCUT2D eigenvalue weighted by atomic mass is 10.1. The van der Waals surface area contributed by atoms with E-state index in [1.54, 1.807) is 31.2 Å². The van der Waals surface area contributed by atoms with Gasteiger partial charge >= 0.3 is 6.18 Å². The second-order valence-corrected chi connectivity index (χ2v) is 6.21. The zero-order valence-electron chi connectivity index (χ0n) is 15.2. The largest absolute Gasteiger partial charge is 0.490 e. The quantitative estimate of drug-likeness (QED) is 0.527. The third-order valence-corrected chi connectivity index (χ3v) is 4.17. The number of nitrogens with zero attached hydrogens (tertiary/aromatic N) is 2. The van der Waals surface area contributed by atoms with Crippen LogP contribution in [0, 0.1) is 0 Å². The van der Waals surface area contributed by atoms with Gasteiger partial charge in [0.15, 0.2) is 0 Å². The van der Waals surface area contributed by atoms with Crippen molar-refractivity contribution in [2.75, 3.05) is 0 Å². The molecule has 0 aliphatic rings. The highest BCUT2D eigenvalue weighted by molar-refractivity contribution is 5.76. The van der Waals surface area contributed by atoms with Crippen molar-refractivity contribution in [1.29, 1.82) is 0 Å². The van der Waals surface area contributed by atoms with Crippen LogP contribution < -0.4 is 4.74 Å². The number of alkyl halides is 3. The Kier molecular flexibility index (Phi) is 5.48. The zero-order valence-corrected chi connectivity index (χ0v) is 15.2. The Morgan fingerprint density at radius 1 is 1.14 bits per heavy atom. The second kappa shape index (κ2) is 7.84. The second-order valence-electron chi connectivity index (χ2n) is 6.21. The summed E-state index contributed by atoms with van der Waals surface area (Å²) in [7, 11) is 0. The predicted octanol–water partition coefficient (Wildman–Crippen LogP) is 5.41. The van der Waals surface area contributed by atoms with Crippen LogP contribution in [0.3, 0.4) is 0 Å². The molecule has 0 aliphatic carbocycles. The summed E-state index contributed by atoms with van der Waals surface area (Å²) in [5.41, 5.74) is 0.292. The Bertz CT molecular complexity index is 966. The van der Waals surface area contributed by atoms with Crippen molar-refractivity contribution in [1.82, 2.24) is 10.1 Å². The van der Waals surface area contributed by atoms with Crippen molar-refractivity contribution in [3.05, 3.63) is 53.6 Å². The summed E-state index contributed by atoms with van der Waals surface area (Å²) < 4.78 is 50.9. The molecule has 1 aromatic heterocycles. The highest BCUT2D eigenvalue weighted by Gasteiger charge is 2.35. The van der Waals surface area contributed by atoms with Crippen LogP contribution in [0.25, 0.3) is 22.8 Å². The van der Waals surface area contributed by atoms with Crippen LogP contribution >= 0.6 is 0 Å². The molecule has 0 unspecified atom stereocenters. The third kappa shape index (κ3) is 4.21. The maximum absolute atomic E-state index is 13.5. The molecule has 146 valence electrons. The Morgan fingerprint density at radius 3 is 2.43 bits per heavy atom. The molecule has 0 fully saturated rings. The topological polar surface area (TPSA) is 65.2 Å². The summed E-state index contributed by atoms with van der Waals surface area (Å²) in [6, 6.07) is 10.1. The van der Waals surface area contributed by atoms with Crippen LogP contribution in [0.2, 0.25) is 0 Å². The molecule has 3 aromatic rings. The van der Waals surface area contributed by atoms with E-state index < -0.39 is 11.7 Å². The molecule has 8 heteroatoms. The Labute approximate surface area is 159 Å². The number of ether oxygens (including phenoxy) is 1. The van der Waals surface area contributed by atoms with E-state index in [2.05, 4.69) is 10.1 Å². The third-order valence-electron chi connectivity index (χ3n) is 4.17. The van der Waals surface area contributed by atoms with Gasteiger partial charge in [-0.25, -0.2) is 0 Å². The van der Waals surface area contributed by atoms with Gasteiger partial charge in [0.25, 0.3) is 5.89 Å². The highest BCUT2D eigenvalue weighted by atomic mass is 19.4. The number of carbonyl (C=O) groups is 1. The number of halogens is 3. The smallest absolute Gasteiger partial charge is 0.419 e. The molecular weight excluding hydrogens is 373 g/mol. The van der Waals surface area contributed by atoms with E-state index in [0.717, 1.165) is 6.07 Å². The van der Waals surface area contributed by atoms with Gasteiger partial charge in [-0.3, -0.25) is 4.79 Å². The first-order valence-corrected chi connectivity index (χ1v) is 8.59. The van der Waals surface area contributed by atoms with E-state index in [0.29, 0.717) is 23.8 Å². The molecule has 28 heavy (non-hydrogen) atoms. The maximum Gasteiger partial charge on any atom is 0.419 e. The van der Waals surface area contributed by atoms with E-state index in [-0.39, 0.29) is 29.1 Å². The maximum atomic E-state index is 13.5. The lowest BCUT2D eigenvalue weighted by Crippen LogP contribution is -2.15. The highest BCUT2D eigenvalue weighted by Crippen LogP contribution is 2.39. The van der Waals surface area contributed by atoms with Crippen molar-refractivity contribution < 1.29 is 27.2 Å². The lowest BCUT2D eigenvalue weighted by Gasteiger charge is -2.18. The molecule has 0 bridgehead atoms. The normalized spacial score (nSPS) is 12.6. The van der Waals surface area contributed by atoms with Crippen molar-refractivity contribution >= 4 is 6.29 Å². The molecule has 1 heterocycles. The molecule has 0 saturated heterocycles. The van der Waals surface area contributed by atoms with Crippen LogP contribution in [0.15, 0.2) is 47.0 Å². The number of aldehydes is 1. The molecule has 0 amide bonds. The molecule has 0 aliphatic heterocycles. The Morgan fingerprint density at radius 2 is 1.82 bits per heavy atom. The van der Waals surface area contributed by atoms with Crippen molar-refractivity contribution in [3.63, 3.8) is 0 Å². The van der Waals surface area contributed by atoms with Crippen LogP contribution in [-0.4, -0.2) is 22.5 Å². The van der Waals surface area contributed by atoms with Gasteiger partial charge in [0.05, 0.1) is 11.7 Å². The first-order chi connectivity index (χ1) is 13.3. The van der Waals surface area contributed by atoms with Gasteiger partial charge in [0.2, 0.25) is 5.82 Å². The number of rotatable bonds is 6. The molecule has 1 atom stereocenters. The van der Waals surface area contributed by atoms with E-state index >= 15 is 0 Å². The SMILES string of the molecule is CC[C@H](C)Oc1ccc(-c2nc(-c3ccc(C=O)cc3)no2)cc1C(F)(F)F. The molecule has 5 nitrogen and oxygen atoms in total. The average Bonchev–Trinajstić information content (AvgIpc) is 3.17. The van der Waals surface area contributed by atoms with Crippen molar-refractivity contribution in [2.24, 2.45) is 0 Å². The minimum atomic E-state index is -4.59. The average molecular weight is 390 g/mol. The first kappa shape index (κ1) is 19.6. The van der Waals surface area contributed by atoms with Crippen LogP contribution in [-0.2, 0) is 6.18 Å². The number of hydrogen-bond donors (Lipinski definition) is 0. The fourth-order valence-electron chi connectivity index (χ4n) is 2.46. The summed E-state index contributed by atoms with van der Waals surface area (Å²) in [6.45, 7) is 3.53. The minimum Gasteiger partial charge on any atom is -0.490 e. The van der Waals surface area contributed by atoms with Crippen LogP contribution in [0.1, 0.15) is 36.2 Å². The molecule has 0 radical (unpaired) electrons. The van der Waals surface area contributed by atoms with Gasteiger partial charge < -0.3 is 9.26 Å². The Hall–Kier alpha value is -3.16. The molecular formula is C20H17F3N2O3. The van der Waals surface area contributed by atoms with E-state index in [1.165, 1.54) is 12.1 Å². The lowest BCUT2D eigenvalue weighted by molar-refractivity contribution is -0.139. The summed E-state index contributed by atoms with van der Waals surface area (Å²) in [4.78, 5) is 14.9. The summed E-state index contributed by atoms with van der Waals surface area (Å²) in [5.74, 6) is -0.0780. The summed E-state index contributed by atoms with van der Waals surface area (Å²) in [5, 5.41) is 3.81. The van der Waals surface area contributed by atoms with E-state index in [9.17, 15) is 18.0 Å². The summed E-state index contributed by atoms with van der Waals surface area (Å²) in [6.07, 6.45) is -3.66. The fraction of sp³-hybridized carbons (Fsp3) is 0.250. The zero-order chi connectivity index (χ0) is 20.3. The first-order valence-electron chi connectivity index (χ1n) is 8.59.